The van der Waals surface area contributed by atoms with E-state index in [1.54, 1.807) is 10.9 Å². The second-order valence-corrected chi connectivity index (χ2v) is 8.40. The number of nitrogens with zero attached hydrogens (tertiary/aromatic N) is 4. The van der Waals surface area contributed by atoms with Gasteiger partial charge in [-0.05, 0) is 45.2 Å². The molecule has 0 aromatic carbocycles. The molecule has 2 aliphatic heterocycles. The maximum Gasteiger partial charge on any atom is 0.270 e. The van der Waals surface area contributed by atoms with Crippen molar-refractivity contribution in [2.75, 3.05) is 13.1 Å². The van der Waals surface area contributed by atoms with Crippen molar-refractivity contribution in [1.29, 1.82) is 0 Å². The first kappa shape index (κ1) is 17.9. The molecule has 1 fully saturated rings. The molecule has 3 aromatic rings. The van der Waals surface area contributed by atoms with Gasteiger partial charge in [-0.3, -0.25) is 14.3 Å². The molecule has 3 aromatic heterocycles. The van der Waals surface area contributed by atoms with E-state index in [2.05, 4.69) is 20.4 Å². The van der Waals surface area contributed by atoms with Crippen LogP contribution < -0.4 is 5.32 Å². The summed E-state index contributed by atoms with van der Waals surface area (Å²) in [6.07, 6.45) is 7.50. The summed E-state index contributed by atoms with van der Waals surface area (Å²) in [4.78, 5) is 35.0. The van der Waals surface area contributed by atoms with Crippen molar-refractivity contribution in [3.8, 4) is 0 Å². The maximum atomic E-state index is 13.0. The lowest BCUT2D eigenvalue weighted by atomic mass is 9.79. The fourth-order valence-corrected chi connectivity index (χ4v) is 4.56. The lowest BCUT2D eigenvalue weighted by molar-refractivity contribution is 0.0603. The molecule has 8 heteroatoms. The molecule has 2 amide bonds. The second kappa shape index (κ2) is 6.43. The molecule has 0 atom stereocenters. The lowest BCUT2D eigenvalue weighted by Gasteiger charge is -2.44. The number of rotatable bonds is 2. The van der Waals surface area contributed by atoms with Gasteiger partial charge < -0.3 is 15.2 Å². The number of carbonyl (C=O) groups is 2. The summed E-state index contributed by atoms with van der Waals surface area (Å²) in [6.45, 7) is 5.26. The molecule has 0 aliphatic carbocycles. The molecule has 2 aliphatic rings. The van der Waals surface area contributed by atoms with Crippen LogP contribution >= 0.6 is 0 Å². The van der Waals surface area contributed by atoms with E-state index in [4.69, 9.17) is 0 Å². The summed E-state index contributed by atoms with van der Waals surface area (Å²) in [5, 5.41) is 8.58. The highest BCUT2D eigenvalue weighted by Crippen LogP contribution is 2.33. The quantitative estimate of drug-likeness (QED) is 0.699. The molecule has 1 saturated heterocycles. The van der Waals surface area contributed by atoms with Crippen LogP contribution in [0.2, 0.25) is 0 Å². The minimum atomic E-state index is -0.297. The minimum Gasteiger partial charge on any atom is -0.346 e. The van der Waals surface area contributed by atoms with Gasteiger partial charge >= 0.3 is 0 Å². The normalized spacial score (nSPS) is 18.3. The van der Waals surface area contributed by atoms with Crippen LogP contribution in [0.3, 0.4) is 0 Å². The number of nitrogens with one attached hydrogen (secondary N) is 2. The number of aromatic amines is 1. The summed E-state index contributed by atoms with van der Waals surface area (Å²) < 4.78 is 1.79. The largest absolute Gasteiger partial charge is 0.346 e. The van der Waals surface area contributed by atoms with Crippen molar-refractivity contribution in [3.05, 3.63) is 47.5 Å². The standard InChI is InChI=1S/C21H24N6O2/c1-13(2)27-17-16(12-24-27)10-21(25-19(17)28)4-7-26(8-5-21)20(29)15-9-14-3-6-22-18(14)23-11-15/h3,6,9,11-13H,4-5,7-8,10H2,1-2H3,(H,22,23)(H,25,28). The highest BCUT2D eigenvalue weighted by Gasteiger charge is 2.43. The molecular weight excluding hydrogens is 368 g/mol. The number of hydrogen-bond donors (Lipinski definition) is 2. The van der Waals surface area contributed by atoms with Gasteiger partial charge in [0.25, 0.3) is 11.8 Å². The Morgan fingerprint density at radius 2 is 2.03 bits per heavy atom. The Balaban J connectivity index is 1.32. The third-order valence-corrected chi connectivity index (χ3v) is 6.14. The Labute approximate surface area is 168 Å². The Hall–Kier alpha value is -3.16. The molecule has 5 rings (SSSR count). The van der Waals surface area contributed by atoms with Gasteiger partial charge in [0.15, 0.2) is 0 Å². The van der Waals surface area contributed by atoms with E-state index >= 15 is 0 Å². The Morgan fingerprint density at radius 1 is 1.24 bits per heavy atom. The molecule has 2 N–H and O–H groups in total. The third-order valence-electron chi connectivity index (χ3n) is 6.14. The highest BCUT2D eigenvalue weighted by atomic mass is 16.2. The number of pyridine rings is 1. The van der Waals surface area contributed by atoms with Crippen molar-refractivity contribution in [2.45, 2.75) is 44.7 Å². The zero-order chi connectivity index (χ0) is 20.2. The number of likely N-dealkylation sites (tertiary alicyclic amines) is 1. The van der Waals surface area contributed by atoms with Crippen LogP contribution in [-0.4, -0.2) is 55.1 Å². The van der Waals surface area contributed by atoms with E-state index in [0.717, 1.165) is 35.9 Å². The van der Waals surface area contributed by atoms with E-state index in [-0.39, 0.29) is 23.4 Å². The van der Waals surface area contributed by atoms with Crippen molar-refractivity contribution < 1.29 is 9.59 Å². The van der Waals surface area contributed by atoms with E-state index in [1.807, 2.05) is 43.3 Å². The average molecular weight is 392 g/mol. The van der Waals surface area contributed by atoms with Crippen molar-refractivity contribution >= 4 is 22.8 Å². The van der Waals surface area contributed by atoms with Gasteiger partial charge in [0.05, 0.1) is 11.8 Å². The fourth-order valence-electron chi connectivity index (χ4n) is 4.56. The van der Waals surface area contributed by atoms with Crippen molar-refractivity contribution in [1.82, 2.24) is 30.0 Å². The molecule has 0 saturated carbocycles. The van der Waals surface area contributed by atoms with E-state index in [9.17, 15) is 9.59 Å². The smallest absolute Gasteiger partial charge is 0.270 e. The van der Waals surface area contributed by atoms with Gasteiger partial charge in [0.1, 0.15) is 11.3 Å². The van der Waals surface area contributed by atoms with Crippen LogP contribution in [0.1, 0.15) is 59.1 Å². The molecule has 0 radical (unpaired) electrons. The molecule has 0 bridgehead atoms. The fraction of sp³-hybridized carbons (Fsp3) is 0.429. The first-order chi connectivity index (χ1) is 14.0. The average Bonchev–Trinajstić information content (AvgIpc) is 3.34. The van der Waals surface area contributed by atoms with Gasteiger partial charge in [-0.2, -0.15) is 5.10 Å². The maximum absolute atomic E-state index is 13.0. The first-order valence-corrected chi connectivity index (χ1v) is 10.1. The number of hydrogen-bond acceptors (Lipinski definition) is 4. The highest BCUT2D eigenvalue weighted by molar-refractivity contribution is 5.97. The van der Waals surface area contributed by atoms with Crippen molar-refractivity contribution in [2.24, 2.45) is 0 Å². The number of H-pyrrole nitrogens is 1. The number of aromatic nitrogens is 4. The summed E-state index contributed by atoms with van der Waals surface area (Å²) in [5.41, 5.74) is 2.76. The molecule has 8 nitrogen and oxygen atoms in total. The topological polar surface area (TPSA) is 95.9 Å². The zero-order valence-corrected chi connectivity index (χ0v) is 16.6. The minimum absolute atomic E-state index is 0.00842. The summed E-state index contributed by atoms with van der Waals surface area (Å²) in [5.74, 6) is -0.0646. The van der Waals surface area contributed by atoms with Gasteiger partial charge in [0, 0.05) is 48.0 Å². The molecule has 150 valence electrons. The predicted octanol–water partition coefficient (Wildman–Crippen LogP) is 2.30. The number of piperidine rings is 1. The summed E-state index contributed by atoms with van der Waals surface area (Å²) in [6, 6.07) is 3.93. The third kappa shape index (κ3) is 2.90. The number of amides is 2. The SMILES string of the molecule is CC(C)n1ncc2c1C(=O)NC1(CCN(C(=O)c3cnc4[nH]ccc4c3)CC1)C2. The molecule has 5 heterocycles. The number of fused-ring (bicyclic) bond motifs is 2. The van der Waals surface area contributed by atoms with E-state index in [0.29, 0.717) is 24.3 Å². The molecule has 1 spiro atoms. The monoisotopic (exact) mass is 392 g/mol. The van der Waals surface area contributed by atoms with Crippen LogP contribution in [0.5, 0.6) is 0 Å². The van der Waals surface area contributed by atoms with Crippen molar-refractivity contribution in [3.63, 3.8) is 0 Å². The summed E-state index contributed by atoms with van der Waals surface area (Å²) in [7, 11) is 0. The van der Waals surface area contributed by atoms with Crippen LogP contribution in [0.4, 0.5) is 0 Å². The van der Waals surface area contributed by atoms with Gasteiger partial charge in [0.2, 0.25) is 0 Å². The Morgan fingerprint density at radius 3 is 2.79 bits per heavy atom. The molecule has 0 unspecified atom stereocenters. The second-order valence-electron chi connectivity index (χ2n) is 8.40. The van der Waals surface area contributed by atoms with Gasteiger partial charge in [-0.1, -0.05) is 0 Å². The van der Waals surface area contributed by atoms with Gasteiger partial charge in [-0.15, -0.1) is 0 Å². The van der Waals surface area contributed by atoms with Gasteiger partial charge in [-0.25, -0.2) is 4.98 Å². The van der Waals surface area contributed by atoms with E-state index < -0.39 is 0 Å². The Kier molecular flexibility index (Phi) is 3.97. The van der Waals surface area contributed by atoms with E-state index in [1.165, 1.54) is 0 Å². The van der Waals surface area contributed by atoms with Crippen LogP contribution in [-0.2, 0) is 6.42 Å². The Bertz CT molecular complexity index is 1100. The molecule has 29 heavy (non-hydrogen) atoms. The first-order valence-electron chi connectivity index (χ1n) is 10.1. The molecular formula is C21H24N6O2. The predicted molar refractivity (Wildman–Crippen MR) is 108 cm³/mol. The van der Waals surface area contributed by atoms with Crippen LogP contribution in [0.25, 0.3) is 11.0 Å². The zero-order valence-electron chi connectivity index (χ0n) is 16.6. The number of carbonyl (C=O) groups excluding carboxylic acids is 2. The van der Waals surface area contributed by atoms with Crippen LogP contribution in [0, 0.1) is 0 Å². The lowest BCUT2D eigenvalue weighted by Crippen LogP contribution is -2.59. The summed E-state index contributed by atoms with van der Waals surface area (Å²) >= 11 is 0. The van der Waals surface area contributed by atoms with Crippen LogP contribution in [0.15, 0.2) is 30.7 Å².